The number of rotatable bonds is 8. The van der Waals surface area contributed by atoms with Crippen LogP contribution in [0, 0.1) is 0 Å². The van der Waals surface area contributed by atoms with Gasteiger partial charge in [-0.25, -0.2) is 23.4 Å². The molecule has 5 N–H and O–H groups in total. The zero-order valence-corrected chi connectivity index (χ0v) is 25.3. The van der Waals surface area contributed by atoms with Gasteiger partial charge in [-0.2, -0.15) is 0 Å². The highest BCUT2D eigenvalue weighted by atomic mass is 35.5. The van der Waals surface area contributed by atoms with E-state index in [1.807, 2.05) is 9.80 Å². The molecule has 2 aliphatic rings. The molecule has 224 valence electrons. The van der Waals surface area contributed by atoms with Crippen LogP contribution in [0.25, 0.3) is 0 Å². The average molecular weight is 629 g/mol. The lowest BCUT2D eigenvalue weighted by atomic mass is 9.97. The topological polar surface area (TPSA) is 181 Å². The van der Waals surface area contributed by atoms with Gasteiger partial charge in [0.15, 0.2) is 22.5 Å². The van der Waals surface area contributed by atoms with E-state index < -0.39 is 15.7 Å². The summed E-state index contributed by atoms with van der Waals surface area (Å²) in [7, 11) is -3.23. The maximum atomic E-state index is 13.0. The Bertz CT molecular complexity index is 1400. The normalized spacial score (nSPS) is 18.9. The molecule has 2 saturated heterocycles. The van der Waals surface area contributed by atoms with Gasteiger partial charge in [-0.15, -0.1) is 0 Å². The summed E-state index contributed by atoms with van der Waals surface area (Å²) in [5, 5.41) is 2.79. The molecule has 13 nitrogen and oxygen atoms in total. The summed E-state index contributed by atoms with van der Waals surface area (Å²) in [6, 6.07) is 3.71. The Morgan fingerprint density at radius 1 is 1.05 bits per heavy atom. The van der Waals surface area contributed by atoms with Crippen molar-refractivity contribution in [2.45, 2.75) is 38.3 Å². The summed E-state index contributed by atoms with van der Waals surface area (Å²) in [4.78, 5) is 44.4. The molecule has 0 bridgehead atoms. The van der Waals surface area contributed by atoms with E-state index in [-0.39, 0.29) is 51.9 Å². The number of nitrogens with two attached hydrogens (primary N) is 2. The van der Waals surface area contributed by atoms with Crippen LogP contribution in [0.5, 0.6) is 0 Å². The maximum absolute atomic E-state index is 13.0. The van der Waals surface area contributed by atoms with Crippen molar-refractivity contribution in [1.29, 1.82) is 0 Å². The van der Waals surface area contributed by atoms with Crippen molar-refractivity contribution >= 4 is 62.3 Å². The molecule has 2 aromatic heterocycles. The van der Waals surface area contributed by atoms with E-state index in [0.717, 1.165) is 32.1 Å². The van der Waals surface area contributed by atoms with Gasteiger partial charge >= 0.3 is 0 Å². The van der Waals surface area contributed by atoms with Crippen molar-refractivity contribution in [3.63, 3.8) is 0 Å². The average Bonchev–Trinajstić information content (AvgIpc) is 2.92. The number of aromatic nitrogens is 3. The number of piperidine rings is 1. The van der Waals surface area contributed by atoms with Crippen LogP contribution in [0.3, 0.4) is 0 Å². The summed E-state index contributed by atoms with van der Waals surface area (Å²) in [5.41, 5.74) is 12.2. The first-order valence-corrected chi connectivity index (χ1v) is 16.2. The summed E-state index contributed by atoms with van der Waals surface area (Å²) in [5.74, 6) is -0.516. The van der Waals surface area contributed by atoms with Crippen molar-refractivity contribution in [1.82, 2.24) is 30.1 Å². The second kappa shape index (κ2) is 12.9. The molecule has 2 aromatic rings. The lowest BCUT2D eigenvalue weighted by Crippen LogP contribution is -2.58. The van der Waals surface area contributed by atoms with Crippen LogP contribution < -0.4 is 21.7 Å². The standard InChI is InChI=1S/C25H35Cl2N9O4S/c1-3-15-14-35(23-20(27)32-19(22(29)33-23)24(37)30-8-13-41(2,39)40)11-12-36(15)16-6-9-34(10-7-16)25(38)17-4-5-18(26)31-21(17)28/h4-5,15-16H,3,6-14H2,1-2H3,(H2,28,31)(H2,29,33)(H,30,37)/t15-/m0/s1. The summed E-state index contributed by atoms with van der Waals surface area (Å²) < 4.78 is 22.6. The fraction of sp³-hybridized carbons (Fsp3) is 0.560. The van der Waals surface area contributed by atoms with Gasteiger partial charge in [0, 0.05) is 57.6 Å². The van der Waals surface area contributed by atoms with E-state index in [1.54, 1.807) is 12.1 Å². The molecule has 0 radical (unpaired) electrons. The van der Waals surface area contributed by atoms with Gasteiger partial charge in [0.05, 0.1) is 11.3 Å². The van der Waals surface area contributed by atoms with Gasteiger partial charge in [0.25, 0.3) is 11.8 Å². The number of nitrogen functional groups attached to an aromatic ring is 2. The summed E-state index contributed by atoms with van der Waals surface area (Å²) in [6.07, 6.45) is 3.65. The number of pyridine rings is 1. The molecule has 4 heterocycles. The molecule has 0 aromatic carbocycles. The fourth-order valence-electron chi connectivity index (χ4n) is 5.33. The van der Waals surface area contributed by atoms with Gasteiger partial charge in [0.1, 0.15) is 20.8 Å². The van der Waals surface area contributed by atoms with Crippen molar-refractivity contribution in [3.8, 4) is 0 Å². The van der Waals surface area contributed by atoms with E-state index in [9.17, 15) is 18.0 Å². The summed E-state index contributed by atoms with van der Waals surface area (Å²) in [6.45, 7) is 5.33. The molecular formula is C25H35Cl2N9O4S. The largest absolute Gasteiger partial charge is 0.383 e. The summed E-state index contributed by atoms with van der Waals surface area (Å²) >= 11 is 12.3. The van der Waals surface area contributed by atoms with Crippen LogP contribution in [-0.2, 0) is 9.84 Å². The molecule has 0 spiro atoms. The van der Waals surface area contributed by atoms with Crippen molar-refractivity contribution in [2.24, 2.45) is 0 Å². The first-order chi connectivity index (χ1) is 19.4. The molecule has 4 rings (SSSR count). The monoisotopic (exact) mass is 627 g/mol. The van der Waals surface area contributed by atoms with Crippen LogP contribution >= 0.6 is 23.2 Å². The number of sulfone groups is 1. The number of carbonyl (C=O) groups is 2. The Hall–Kier alpha value is -2.94. The first kappa shape index (κ1) is 31.0. The van der Waals surface area contributed by atoms with Crippen LogP contribution in [0.1, 0.15) is 47.0 Å². The number of hydrogen-bond donors (Lipinski definition) is 3. The molecular weight excluding hydrogens is 593 g/mol. The van der Waals surface area contributed by atoms with Gasteiger partial charge in [-0.1, -0.05) is 30.1 Å². The number of nitrogens with one attached hydrogen (secondary N) is 1. The third-order valence-corrected chi connectivity index (χ3v) is 8.89. The Balaban J connectivity index is 1.37. The Kier molecular flexibility index (Phi) is 9.77. The fourth-order valence-corrected chi connectivity index (χ4v) is 6.20. The number of anilines is 3. The number of amides is 2. The van der Waals surface area contributed by atoms with Crippen LogP contribution in [-0.4, -0.2) is 108 Å². The Morgan fingerprint density at radius 2 is 1.76 bits per heavy atom. The number of piperazine rings is 1. The molecule has 0 saturated carbocycles. The highest BCUT2D eigenvalue weighted by Gasteiger charge is 2.35. The molecule has 2 aliphatic heterocycles. The van der Waals surface area contributed by atoms with Crippen LogP contribution in [0.15, 0.2) is 12.1 Å². The number of nitrogens with zero attached hydrogens (tertiary/aromatic N) is 6. The molecule has 0 aliphatic carbocycles. The number of likely N-dealkylation sites (tertiary alicyclic amines) is 1. The third kappa shape index (κ3) is 7.48. The van der Waals surface area contributed by atoms with E-state index in [2.05, 4.69) is 32.1 Å². The Labute approximate surface area is 249 Å². The third-order valence-electron chi connectivity index (χ3n) is 7.48. The van der Waals surface area contributed by atoms with Crippen molar-refractivity contribution in [3.05, 3.63) is 33.7 Å². The van der Waals surface area contributed by atoms with Crippen LogP contribution in [0.2, 0.25) is 10.3 Å². The number of carbonyl (C=O) groups excluding carboxylic acids is 2. The van der Waals surface area contributed by atoms with Crippen LogP contribution in [0.4, 0.5) is 17.5 Å². The number of hydrogen-bond acceptors (Lipinski definition) is 11. The van der Waals surface area contributed by atoms with Crippen molar-refractivity contribution < 1.29 is 18.0 Å². The van der Waals surface area contributed by atoms with Gasteiger partial charge in [0.2, 0.25) is 0 Å². The predicted octanol–water partition coefficient (Wildman–Crippen LogP) is 1.32. The zero-order valence-electron chi connectivity index (χ0n) is 23.0. The molecule has 0 unspecified atom stereocenters. The maximum Gasteiger partial charge on any atom is 0.273 e. The van der Waals surface area contributed by atoms with Gasteiger partial charge < -0.3 is 26.6 Å². The predicted molar refractivity (Wildman–Crippen MR) is 159 cm³/mol. The first-order valence-electron chi connectivity index (χ1n) is 13.4. The SMILES string of the molecule is CC[C@H]1CN(c2nc(N)c(C(=O)NCCS(C)(=O)=O)nc2Cl)CCN1C1CCN(C(=O)c2ccc(Cl)nc2N)CC1. The smallest absolute Gasteiger partial charge is 0.273 e. The molecule has 2 amide bonds. The lowest BCUT2D eigenvalue weighted by molar-refractivity contribution is 0.0491. The minimum absolute atomic E-state index is 0.0542. The van der Waals surface area contributed by atoms with E-state index >= 15 is 0 Å². The van der Waals surface area contributed by atoms with E-state index in [1.165, 1.54) is 0 Å². The van der Waals surface area contributed by atoms with Gasteiger partial charge in [-0.05, 0) is 31.4 Å². The quantitative estimate of drug-likeness (QED) is 0.359. The highest BCUT2D eigenvalue weighted by molar-refractivity contribution is 7.90. The molecule has 41 heavy (non-hydrogen) atoms. The second-order valence-corrected chi connectivity index (χ2v) is 13.3. The minimum atomic E-state index is -3.23. The second-order valence-electron chi connectivity index (χ2n) is 10.3. The number of halogens is 2. The van der Waals surface area contributed by atoms with Gasteiger partial charge in [-0.3, -0.25) is 14.5 Å². The minimum Gasteiger partial charge on any atom is -0.383 e. The molecule has 16 heteroatoms. The van der Waals surface area contributed by atoms with E-state index in [0.29, 0.717) is 43.6 Å². The molecule has 2 fully saturated rings. The van der Waals surface area contributed by atoms with E-state index in [4.69, 9.17) is 34.7 Å². The molecule has 1 atom stereocenters. The zero-order chi connectivity index (χ0) is 29.9. The highest BCUT2D eigenvalue weighted by Crippen LogP contribution is 2.30. The Morgan fingerprint density at radius 3 is 2.39 bits per heavy atom. The van der Waals surface area contributed by atoms with Crippen molar-refractivity contribution in [2.75, 3.05) is 67.6 Å². The lowest BCUT2D eigenvalue weighted by Gasteiger charge is -2.47.